The molecule has 0 N–H and O–H groups in total. The minimum atomic E-state index is 0.440. The van der Waals surface area contributed by atoms with E-state index in [1.807, 2.05) is 0 Å². The van der Waals surface area contributed by atoms with Gasteiger partial charge in [-0.1, -0.05) is 36.4 Å². The molecule has 4 aliphatic rings. The number of benzene rings is 1. The third-order valence-corrected chi connectivity index (χ3v) is 5.95. The second-order valence-corrected chi connectivity index (χ2v) is 7.00. The summed E-state index contributed by atoms with van der Waals surface area (Å²) in [7, 11) is 4.50. The molecule has 23 heavy (non-hydrogen) atoms. The summed E-state index contributed by atoms with van der Waals surface area (Å²) in [5.74, 6) is 0. The largest absolute Gasteiger partial charge is 0.369 e. The Kier molecular flexibility index (Phi) is 2.70. The van der Waals surface area contributed by atoms with E-state index in [2.05, 4.69) is 72.5 Å². The highest BCUT2D eigenvalue weighted by atomic mass is 15.2. The van der Waals surface area contributed by atoms with Crippen molar-refractivity contribution in [1.29, 1.82) is 0 Å². The molecule has 1 aromatic carbocycles. The number of allylic oxidation sites excluding steroid dienone is 5. The summed E-state index contributed by atoms with van der Waals surface area (Å²) in [5.41, 5.74) is 8.94. The molecule has 0 aromatic heterocycles. The molecule has 0 spiro atoms. The molecule has 114 valence electrons. The van der Waals surface area contributed by atoms with Crippen LogP contribution in [0.1, 0.15) is 19.3 Å². The molecule has 3 heteroatoms. The molecule has 2 aliphatic carbocycles. The lowest BCUT2D eigenvalue weighted by Gasteiger charge is -2.48. The summed E-state index contributed by atoms with van der Waals surface area (Å²) in [5, 5.41) is 0. The number of likely N-dealkylation sites (N-methyl/N-ethyl adjacent to an activating group) is 2. The van der Waals surface area contributed by atoms with Gasteiger partial charge in [0.1, 0.15) is 0 Å². The van der Waals surface area contributed by atoms with Crippen LogP contribution in [0.4, 0.5) is 5.69 Å². The maximum Gasteiger partial charge on any atom is 0.246 e. The molecular weight excluding hydrogens is 279 g/mol. The van der Waals surface area contributed by atoms with Crippen molar-refractivity contribution < 1.29 is 0 Å². The van der Waals surface area contributed by atoms with Gasteiger partial charge in [-0.25, -0.2) is 0 Å². The second kappa shape index (κ2) is 4.67. The maximum absolute atomic E-state index is 2.48. The minimum absolute atomic E-state index is 0.440. The van der Waals surface area contributed by atoms with Crippen LogP contribution in [0.3, 0.4) is 0 Å². The van der Waals surface area contributed by atoms with Crippen molar-refractivity contribution in [3.8, 4) is 0 Å². The van der Waals surface area contributed by atoms with Gasteiger partial charge in [-0.05, 0) is 47.8 Å². The highest BCUT2D eigenvalue weighted by molar-refractivity contribution is 6.88. The van der Waals surface area contributed by atoms with Crippen molar-refractivity contribution in [3.63, 3.8) is 0 Å². The van der Waals surface area contributed by atoms with Crippen LogP contribution in [0.2, 0.25) is 0 Å². The van der Waals surface area contributed by atoms with Crippen LogP contribution < -0.4 is 10.4 Å². The Morgan fingerprint density at radius 2 is 1.96 bits per heavy atom. The number of para-hydroxylation sites is 1. The van der Waals surface area contributed by atoms with Gasteiger partial charge in [0.05, 0.1) is 0 Å². The van der Waals surface area contributed by atoms with E-state index in [1.54, 1.807) is 5.47 Å². The molecule has 5 rings (SSSR count). The van der Waals surface area contributed by atoms with Crippen LogP contribution >= 0.6 is 0 Å². The predicted molar refractivity (Wildman–Crippen MR) is 98.0 cm³/mol. The molecule has 0 radical (unpaired) electrons. The third kappa shape index (κ3) is 1.65. The molecule has 1 aromatic rings. The van der Waals surface area contributed by atoms with E-state index in [1.165, 1.54) is 28.0 Å². The summed E-state index contributed by atoms with van der Waals surface area (Å²) in [6.45, 7) is 0.440. The molecule has 2 heterocycles. The molecule has 0 fully saturated rings. The average Bonchev–Trinajstić information content (AvgIpc) is 2.61. The van der Waals surface area contributed by atoms with Gasteiger partial charge in [0.2, 0.25) is 6.71 Å². The summed E-state index contributed by atoms with van der Waals surface area (Å²) in [6, 6.07) is 9.46. The Bertz CT molecular complexity index is 815. The van der Waals surface area contributed by atoms with Gasteiger partial charge >= 0.3 is 0 Å². The third-order valence-electron chi connectivity index (χ3n) is 5.95. The normalized spacial score (nSPS) is 24.8. The van der Waals surface area contributed by atoms with E-state index in [0.717, 1.165) is 19.3 Å². The number of anilines is 1. The monoisotopic (exact) mass is 300 g/mol. The number of hydrogen-bond donors (Lipinski definition) is 0. The number of nitrogens with zero attached hydrogens (tertiary/aromatic N) is 2. The summed E-state index contributed by atoms with van der Waals surface area (Å²) >= 11 is 0. The molecule has 1 unspecified atom stereocenters. The lowest BCUT2D eigenvalue weighted by atomic mass is 9.30. The van der Waals surface area contributed by atoms with Crippen molar-refractivity contribution in [3.05, 3.63) is 70.9 Å². The van der Waals surface area contributed by atoms with E-state index in [-0.39, 0.29) is 0 Å². The fourth-order valence-corrected chi connectivity index (χ4v) is 4.88. The first-order chi connectivity index (χ1) is 11.3. The van der Waals surface area contributed by atoms with E-state index in [4.69, 9.17) is 0 Å². The lowest BCUT2D eigenvalue weighted by molar-refractivity contribution is 0.486. The van der Waals surface area contributed by atoms with Gasteiger partial charge in [0.25, 0.3) is 0 Å². The maximum atomic E-state index is 2.48. The minimum Gasteiger partial charge on any atom is -0.369 e. The number of hydrogen-bond acceptors (Lipinski definition) is 2. The predicted octanol–water partition coefficient (Wildman–Crippen LogP) is 3.05. The van der Waals surface area contributed by atoms with Crippen molar-refractivity contribution in [2.24, 2.45) is 0 Å². The van der Waals surface area contributed by atoms with Gasteiger partial charge < -0.3 is 9.80 Å². The van der Waals surface area contributed by atoms with Gasteiger partial charge in [-0.2, -0.15) is 0 Å². The van der Waals surface area contributed by atoms with E-state index >= 15 is 0 Å². The van der Waals surface area contributed by atoms with Crippen molar-refractivity contribution in [1.82, 2.24) is 4.90 Å². The molecule has 0 saturated heterocycles. The fourth-order valence-electron chi connectivity index (χ4n) is 4.88. The number of rotatable bonds is 0. The fraction of sp³-hybridized carbons (Fsp3) is 0.300. The van der Waals surface area contributed by atoms with Crippen LogP contribution in [0.15, 0.2) is 70.9 Å². The van der Waals surface area contributed by atoms with Crippen molar-refractivity contribution in [2.75, 3.05) is 19.0 Å². The highest BCUT2D eigenvalue weighted by Crippen LogP contribution is 2.43. The topological polar surface area (TPSA) is 6.48 Å². The zero-order valence-electron chi connectivity index (χ0n) is 13.8. The Balaban J connectivity index is 1.82. The average molecular weight is 300 g/mol. The molecule has 0 saturated carbocycles. The van der Waals surface area contributed by atoms with Gasteiger partial charge in [-0.3, -0.25) is 0 Å². The quantitative estimate of drug-likeness (QED) is 0.680. The van der Waals surface area contributed by atoms with E-state index in [9.17, 15) is 0 Å². The van der Waals surface area contributed by atoms with Crippen LogP contribution in [0, 0.1) is 0 Å². The molecular formula is C20H21BN2. The summed E-state index contributed by atoms with van der Waals surface area (Å²) in [4.78, 5) is 4.94. The highest BCUT2D eigenvalue weighted by Gasteiger charge is 2.45. The van der Waals surface area contributed by atoms with Crippen LogP contribution in [-0.4, -0.2) is 31.7 Å². The Morgan fingerprint density at radius 3 is 2.87 bits per heavy atom. The Hall–Kier alpha value is -2.16. The van der Waals surface area contributed by atoms with Gasteiger partial charge in [0, 0.05) is 37.2 Å². The zero-order chi connectivity index (χ0) is 15.6. The van der Waals surface area contributed by atoms with E-state index < -0.39 is 0 Å². The first kappa shape index (κ1) is 13.3. The smallest absolute Gasteiger partial charge is 0.246 e. The summed E-state index contributed by atoms with van der Waals surface area (Å²) < 4.78 is 0. The molecule has 0 bridgehead atoms. The van der Waals surface area contributed by atoms with Gasteiger partial charge in [-0.15, -0.1) is 0 Å². The van der Waals surface area contributed by atoms with E-state index in [0.29, 0.717) is 12.8 Å². The zero-order valence-corrected chi connectivity index (χ0v) is 13.8. The second-order valence-electron chi connectivity index (χ2n) is 7.00. The molecule has 0 amide bonds. The van der Waals surface area contributed by atoms with Crippen LogP contribution in [0.25, 0.3) is 0 Å². The number of fused-ring (bicyclic) bond motifs is 3. The Labute approximate surface area is 138 Å². The standard InChI is InChI=1S/C20H21BN2/c1-22-16-10-5-3-8-14(16)21-15-9-4-6-11-17(15)23(2)19-13-7-12-18(22)20(19)21/h3-5,7-10,13,18H,6,11-12H2,1-2H3. The molecule has 1 atom stereocenters. The first-order valence-corrected chi connectivity index (χ1v) is 8.63. The first-order valence-electron chi connectivity index (χ1n) is 8.63. The van der Waals surface area contributed by atoms with Crippen molar-refractivity contribution >= 4 is 17.9 Å². The van der Waals surface area contributed by atoms with Crippen LogP contribution in [0.5, 0.6) is 0 Å². The van der Waals surface area contributed by atoms with Crippen molar-refractivity contribution in [2.45, 2.75) is 25.3 Å². The molecule has 2 nitrogen and oxygen atoms in total. The van der Waals surface area contributed by atoms with Crippen LogP contribution in [-0.2, 0) is 0 Å². The lowest BCUT2D eigenvalue weighted by Crippen LogP contribution is -2.56. The Morgan fingerprint density at radius 1 is 1.09 bits per heavy atom. The SMILES string of the molecule is CN1C2=C3B(C4=C1CCC=C4)c1ccccc1N(C)C3CC=C2. The molecule has 2 aliphatic heterocycles. The van der Waals surface area contributed by atoms with Gasteiger partial charge in [0.15, 0.2) is 0 Å². The summed E-state index contributed by atoms with van der Waals surface area (Å²) in [6.07, 6.45) is 12.9.